The van der Waals surface area contributed by atoms with Crippen LogP contribution >= 0.6 is 12.6 Å². The van der Waals surface area contributed by atoms with Crippen molar-refractivity contribution in [3.05, 3.63) is 0 Å². The molecule has 2 heterocycles. The molecule has 0 saturated carbocycles. The Morgan fingerprint density at radius 2 is 1.62 bits per heavy atom. The highest BCUT2D eigenvalue weighted by atomic mass is 32.1. The van der Waals surface area contributed by atoms with E-state index in [1.165, 1.54) is 90.4 Å². The number of hydrogen-bond acceptors (Lipinski definition) is 3. The second-order valence-corrected chi connectivity index (χ2v) is 7.63. The number of thiol groups is 1. The largest absolute Gasteiger partial charge is 0.298 e. The lowest BCUT2D eigenvalue weighted by atomic mass is 9.97. The summed E-state index contributed by atoms with van der Waals surface area (Å²) in [5.74, 6) is 1.06. The first-order valence-electron chi connectivity index (χ1n) is 9.40. The molecule has 0 radical (unpaired) electrons. The SMILES string of the molecule is CC1CN2CCCCC2CN1CCCCCCCCCS. The van der Waals surface area contributed by atoms with E-state index in [2.05, 4.69) is 29.4 Å². The molecule has 2 aliphatic heterocycles. The standard InChI is InChI=1S/C18H36N2S/c1-17-15-20-13-9-7-11-18(20)16-19(17)12-8-5-3-2-4-6-10-14-21/h17-18,21H,2-16H2,1H3. The Bertz CT molecular complexity index is 272. The van der Waals surface area contributed by atoms with Crippen LogP contribution in [0, 0.1) is 0 Å². The Hall–Kier alpha value is 0.270. The van der Waals surface area contributed by atoms with Crippen LogP contribution in [-0.4, -0.2) is 53.8 Å². The summed E-state index contributed by atoms with van der Waals surface area (Å²) in [6, 6.07) is 1.64. The highest BCUT2D eigenvalue weighted by Crippen LogP contribution is 2.24. The lowest BCUT2D eigenvalue weighted by molar-refractivity contribution is 0.0146. The van der Waals surface area contributed by atoms with Gasteiger partial charge in [-0.25, -0.2) is 0 Å². The molecule has 21 heavy (non-hydrogen) atoms. The number of unbranched alkanes of at least 4 members (excludes halogenated alkanes) is 6. The van der Waals surface area contributed by atoms with Crippen LogP contribution in [0.3, 0.4) is 0 Å². The van der Waals surface area contributed by atoms with Crippen LogP contribution in [0.15, 0.2) is 0 Å². The zero-order valence-electron chi connectivity index (χ0n) is 14.1. The molecule has 2 aliphatic rings. The lowest BCUT2D eigenvalue weighted by Crippen LogP contribution is -2.58. The smallest absolute Gasteiger partial charge is 0.0223 e. The van der Waals surface area contributed by atoms with E-state index in [1.807, 2.05) is 0 Å². The second kappa shape index (κ2) is 10.1. The fourth-order valence-electron chi connectivity index (χ4n) is 4.03. The van der Waals surface area contributed by atoms with Gasteiger partial charge in [0.05, 0.1) is 0 Å². The van der Waals surface area contributed by atoms with Gasteiger partial charge in [0.2, 0.25) is 0 Å². The summed E-state index contributed by atoms with van der Waals surface area (Å²) in [7, 11) is 0. The number of fused-ring (bicyclic) bond motifs is 1. The van der Waals surface area contributed by atoms with Crippen LogP contribution in [-0.2, 0) is 0 Å². The lowest BCUT2D eigenvalue weighted by Gasteiger charge is -2.47. The van der Waals surface area contributed by atoms with Crippen LogP contribution < -0.4 is 0 Å². The Labute approximate surface area is 138 Å². The summed E-state index contributed by atoms with van der Waals surface area (Å²) in [4.78, 5) is 5.53. The van der Waals surface area contributed by atoms with Crippen molar-refractivity contribution in [3.8, 4) is 0 Å². The maximum Gasteiger partial charge on any atom is 0.0223 e. The Morgan fingerprint density at radius 3 is 2.38 bits per heavy atom. The molecule has 2 rings (SSSR count). The molecule has 2 fully saturated rings. The van der Waals surface area contributed by atoms with Crippen molar-refractivity contribution in [2.45, 2.75) is 83.2 Å². The summed E-state index contributed by atoms with van der Waals surface area (Å²) in [6.45, 7) is 7.77. The molecule has 0 aromatic heterocycles. The van der Waals surface area contributed by atoms with Gasteiger partial charge in [0.1, 0.15) is 0 Å². The molecular weight excluding hydrogens is 276 g/mol. The van der Waals surface area contributed by atoms with Crippen LogP contribution in [0.1, 0.15) is 71.1 Å². The van der Waals surface area contributed by atoms with Gasteiger partial charge in [-0.3, -0.25) is 9.80 Å². The maximum absolute atomic E-state index is 4.27. The predicted molar refractivity (Wildman–Crippen MR) is 96.4 cm³/mol. The van der Waals surface area contributed by atoms with Gasteiger partial charge < -0.3 is 0 Å². The minimum absolute atomic E-state index is 0.773. The zero-order valence-corrected chi connectivity index (χ0v) is 15.0. The van der Waals surface area contributed by atoms with Crippen molar-refractivity contribution in [1.82, 2.24) is 9.80 Å². The van der Waals surface area contributed by atoms with Gasteiger partial charge >= 0.3 is 0 Å². The first-order valence-corrected chi connectivity index (χ1v) is 10.0. The van der Waals surface area contributed by atoms with E-state index in [9.17, 15) is 0 Å². The molecule has 2 nitrogen and oxygen atoms in total. The highest BCUT2D eigenvalue weighted by Gasteiger charge is 2.32. The van der Waals surface area contributed by atoms with Gasteiger partial charge in [-0.2, -0.15) is 12.6 Å². The second-order valence-electron chi connectivity index (χ2n) is 7.19. The number of piperidine rings is 1. The van der Waals surface area contributed by atoms with Gasteiger partial charge in [0.15, 0.2) is 0 Å². The normalized spacial score (nSPS) is 27.7. The van der Waals surface area contributed by atoms with E-state index < -0.39 is 0 Å². The first kappa shape index (κ1) is 17.6. The summed E-state index contributed by atoms with van der Waals surface area (Å²) in [5, 5.41) is 0. The molecule has 0 spiro atoms. The summed E-state index contributed by atoms with van der Waals surface area (Å²) in [6.07, 6.45) is 14.1. The third kappa shape index (κ3) is 6.11. The zero-order chi connectivity index (χ0) is 14.9. The molecule has 2 atom stereocenters. The van der Waals surface area contributed by atoms with Crippen LogP contribution in [0.5, 0.6) is 0 Å². The van der Waals surface area contributed by atoms with Crippen molar-refractivity contribution >= 4 is 12.6 Å². The van der Waals surface area contributed by atoms with Gasteiger partial charge in [0, 0.05) is 25.2 Å². The molecule has 124 valence electrons. The Morgan fingerprint density at radius 1 is 0.905 bits per heavy atom. The van der Waals surface area contributed by atoms with Crippen LogP contribution in [0.2, 0.25) is 0 Å². The molecule has 0 aliphatic carbocycles. The van der Waals surface area contributed by atoms with Crippen molar-refractivity contribution in [2.75, 3.05) is 31.9 Å². The van der Waals surface area contributed by atoms with Gasteiger partial charge in [0.25, 0.3) is 0 Å². The van der Waals surface area contributed by atoms with Gasteiger partial charge in [-0.05, 0) is 51.4 Å². The minimum Gasteiger partial charge on any atom is -0.298 e. The quantitative estimate of drug-likeness (QED) is 0.503. The van der Waals surface area contributed by atoms with E-state index in [4.69, 9.17) is 0 Å². The average molecular weight is 313 g/mol. The fraction of sp³-hybridized carbons (Fsp3) is 1.00. The van der Waals surface area contributed by atoms with Gasteiger partial charge in [-0.15, -0.1) is 0 Å². The highest BCUT2D eigenvalue weighted by molar-refractivity contribution is 7.80. The van der Waals surface area contributed by atoms with Crippen molar-refractivity contribution in [1.29, 1.82) is 0 Å². The molecule has 2 unspecified atom stereocenters. The van der Waals surface area contributed by atoms with Crippen LogP contribution in [0.4, 0.5) is 0 Å². The number of nitrogens with zero attached hydrogens (tertiary/aromatic N) is 2. The number of piperazine rings is 1. The summed E-state index contributed by atoms with van der Waals surface area (Å²) in [5.41, 5.74) is 0. The van der Waals surface area contributed by atoms with E-state index in [-0.39, 0.29) is 0 Å². The van der Waals surface area contributed by atoms with E-state index >= 15 is 0 Å². The molecular formula is C18H36N2S. The molecule has 0 amide bonds. The summed E-state index contributed by atoms with van der Waals surface area (Å²) >= 11 is 4.27. The van der Waals surface area contributed by atoms with Crippen molar-refractivity contribution < 1.29 is 0 Å². The van der Waals surface area contributed by atoms with E-state index in [1.54, 1.807) is 0 Å². The Balaban J connectivity index is 1.53. The number of hydrogen-bond donors (Lipinski definition) is 1. The molecule has 2 saturated heterocycles. The molecule has 3 heteroatoms. The summed E-state index contributed by atoms with van der Waals surface area (Å²) < 4.78 is 0. The maximum atomic E-state index is 4.27. The van der Waals surface area contributed by atoms with Crippen molar-refractivity contribution in [3.63, 3.8) is 0 Å². The predicted octanol–water partition coefficient (Wildman–Crippen LogP) is 4.21. The van der Waals surface area contributed by atoms with Crippen molar-refractivity contribution in [2.24, 2.45) is 0 Å². The third-order valence-electron chi connectivity index (χ3n) is 5.42. The Kier molecular flexibility index (Phi) is 8.49. The third-order valence-corrected chi connectivity index (χ3v) is 5.74. The number of rotatable bonds is 9. The fourth-order valence-corrected chi connectivity index (χ4v) is 4.26. The van der Waals surface area contributed by atoms with Gasteiger partial charge in [-0.1, -0.05) is 38.5 Å². The molecule has 0 aromatic rings. The van der Waals surface area contributed by atoms with E-state index in [0.717, 1.165) is 17.8 Å². The topological polar surface area (TPSA) is 6.48 Å². The first-order chi connectivity index (χ1) is 10.3. The monoisotopic (exact) mass is 312 g/mol. The molecule has 0 bridgehead atoms. The van der Waals surface area contributed by atoms with E-state index in [0.29, 0.717) is 0 Å². The minimum atomic E-state index is 0.773. The van der Waals surface area contributed by atoms with Crippen LogP contribution in [0.25, 0.3) is 0 Å². The molecule has 0 N–H and O–H groups in total. The average Bonchev–Trinajstić information content (AvgIpc) is 2.50. The molecule has 0 aromatic carbocycles.